The number of nitrogens with zero attached hydrogens (tertiary/aromatic N) is 2. The van der Waals surface area contributed by atoms with Gasteiger partial charge in [-0.15, -0.1) is 10.2 Å². The molecule has 5 heteroatoms. The summed E-state index contributed by atoms with van der Waals surface area (Å²) in [6.07, 6.45) is 2.61. The summed E-state index contributed by atoms with van der Waals surface area (Å²) in [7, 11) is 0. The van der Waals surface area contributed by atoms with Gasteiger partial charge in [0, 0.05) is 22.6 Å². The Morgan fingerprint density at radius 3 is 2.71 bits per heavy atom. The Balaban J connectivity index is 1.72. The van der Waals surface area contributed by atoms with Crippen molar-refractivity contribution in [2.24, 2.45) is 0 Å². The number of aromatic nitrogens is 2. The Kier molecular flexibility index (Phi) is 3.22. The van der Waals surface area contributed by atoms with Crippen LogP contribution in [-0.2, 0) is 6.54 Å². The molecule has 1 aliphatic rings. The molecule has 3 nitrogen and oxygen atoms in total. The summed E-state index contributed by atoms with van der Waals surface area (Å²) in [5.74, 6) is 0. The highest BCUT2D eigenvalue weighted by Gasteiger charge is 2.20. The van der Waals surface area contributed by atoms with Crippen LogP contribution >= 0.6 is 27.3 Å². The monoisotopic (exact) mass is 309 g/mol. The molecule has 1 aromatic heterocycles. The van der Waals surface area contributed by atoms with Gasteiger partial charge in [0.15, 0.2) is 0 Å². The van der Waals surface area contributed by atoms with Gasteiger partial charge in [0.25, 0.3) is 0 Å². The summed E-state index contributed by atoms with van der Waals surface area (Å²) < 4.78 is 1.08. The van der Waals surface area contributed by atoms with E-state index in [-0.39, 0.29) is 0 Å². The molecule has 0 saturated heterocycles. The second kappa shape index (κ2) is 4.84. The van der Waals surface area contributed by atoms with Crippen molar-refractivity contribution in [2.75, 3.05) is 0 Å². The Hall–Kier alpha value is -0.780. The lowest BCUT2D eigenvalue weighted by Gasteiger charge is -1.96. The van der Waals surface area contributed by atoms with Crippen LogP contribution < -0.4 is 5.32 Å². The molecule has 0 aliphatic heterocycles. The molecule has 2 aromatic rings. The molecule has 1 aliphatic carbocycles. The van der Waals surface area contributed by atoms with Crippen molar-refractivity contribution < 1.29 is 0 Å². The Morgan fingerprint density at radius 1 is 1.24 bits per heavy atom. The van der Waals surface area contributed by atoms with Gasteiger partial charge in [-0.05, 0) is 25.0 Å². The average Bonchev–Trinajstić information content (AvgIpc) is 3.06. The third-order valence-electron chi connectivity index (χ3n) is 2.68. The van der Waals surface area contributed by atoms with Crippen molar-refractivity contribution in [1.29, 1.82) is 0 Å². The van der Waals surface area contributed by atoms with Crippen LogP contribution in [0.5, 0.6) is 0 Å². The molecule has 88 valence electrons. The fraction of sp³-hybridized carbons (Fsp3) is 0.333. The Morgan fingerprint density at radius 2 is 2.00 bits per heavy atom. The Labute approximate surface area is 112 Å². The van der Waals surface area contributed by atoms with Crippen LogP contribution in [0.2, 0.25) is 0 Å². The zero-order valence-corrected chi connectivity index (χ0v) is 11.6. The average molecular weight is 310 g/mol. The lowest BCUT2D eigenvalue weighted by Crippen LogP contribution is -2.14. The van der Waals surface area contributed by atoms with E-state index >= 15 is 0 Å². The second-order valence-electron chi connectivity index (χ2n) is 4.16. The molecule has 3 rings (SSSR count). The number of hydrogen-bond acceptors (Lipinski definition) is 4. The molecule has 1 saturated carbocycles. The molecular formula is C12H12BrN3S. The topological polar surface area (TPSA) is 37.8 Å². The zero-order chi connectivity index (χ0) is 11.7. The maximum atomic E-state index is 4.23. The first-order chi connectivity index (χ1) is 8.31. The van der Waals surface area contributed by atoms with Crippen LogP contribution in [0, 0.1) is 0 Å². The van der Waals surface area contributed by atoms with E-state index in [2.05, 4.69) is 43.6 Å². The van der Waals surface area contributed by atoms with Crippen LogP contribution in [0.25, 0.3) is 10.6 Å². The third-order valence-corrected chi connectivity index (χ3v) is 4.18. The van der Waals surface area contributed by atoms with E-state index in [1.807, 2.05) is 12.1 Å². The lowest BCUT2D eigenvalue weighted by atomic mass is 10.2. The molecule has 0 spiro atoms. The minimum absolute atomic E-state index is 0.718. The van der Waals surface area contributed by atoms with E-state index < -0.39 is 0 Å². The minimum Gasteiger partial charge on any atom is -0.308 e. The molecule has 1 fully saturated rings. The minimum atomic E-state index is 0.718. The van der Waals surface area contributed by atoms with Gasteiger partial charge in [-0.25, -0.2) is 0 Å². The lowest BCUT2D eigenvalue weighted by molar-refractivity contribution is 0.679. The van der Waals surface area contributed by atoms with Crippen molar-refractivity contribution in [3.8, 4) is 10.6 Å². The molecule has 1 heterocycles. The fourth-order valence-electron chi connectivity index (χ4n) is 1.55. The van der Waals surface area contributed by atoms with Gasteiger partial charge >= 0.3 is 0 Å². The van der Waals surface area contributed by atoms with Crippen LogP contribution in [-0.4, -0.2) is 16.2 Å². The quantitative estimate of drug-likeness (QED) is 0.942. The highest BCUT2D eigenvalue weighted by Crippen LogP contribution is 2.25. The number of rotatable bonds is 4. The summed E-state index contributed by atoms with van der Waals surface area (Å²) in [6.45, 7) is 0.846. The standard InChI is InChI=1S/C12H12BrN3S/c13-9-3-1-8(2-4-9)12-16-15-11(17-12)7-14-10-5-6-10/h1-4,10,14H,5-7H2. The van der Waals surface area contributed by atoms with Gasteiger partial charge in [0.2, 0.25) is 0 Å². The molecular weight excluding hydrogens is 298 g/mol. The number of nitrogens with one attached hydrogen (secondary N) is 1. The van der Waals surface area contributed by atoms with Crippen LogP contribution in [0.4, 0.5) is 0 Å². The summed E-state index contributed by atoms with van der Waals surface area (Å²) in [5, 5.41) is 13.9. The normalized spacial score (nSPS) is 15.1. The van der Waals surface area contributed by atoms with E-state index in [1.165, 1.54) is 12.8 Å². The van der Waals surface area contributed by atoms with E-state index in [0.717, 1.165) is 32.6 Å². The van der Waals surface area contributed by atoms with Crippen molar-refractivity contribution in [3.63, 3.8) is 0 Å². The first-order valence-electron chi connectivity index (χ1n) is 5.63. The SMILES string of the molecule is Brc1ccc(-c2nnc(CNC3CC3)s2)cc1. The number of hydrogen-bond donors (Lipinski definition) is 1. The van der Waals surface area contributed by atoms with Gasteiger partial charge in [0.1, 0.15) is 10.0 Å². The first kappa shape index (κ1) is 11.3. The van der Waals surface area contributed by atoms with Gasteiger partial charge in [-0.3, -0.25) is 0 Å². The maximum absolute atomic E-state index is 4.23. The number of halogens is 1. The fourth-order valence-corrected chi connectivity index (χ4v) is 2.61. The molecule has 17 heavy (non-hydrogen) atoms. The highest BCUT2D eigenvalue weighted by atomic mass is 79.9. The van der Waals surface area contributed by atoms with E-state index in [0.29, 0.717) is 0 Å². The predicted molar refractivity (Wildman–Crippen MR) is 72.9 cm³/mol. The molecule has 0 unspecified atom stereocenters. The van der Waals surface area contributed by atoms with Crippen LogP contribution in [0.15, 0.2) is 28.7 Å². The van der Waals surface area contributed by atoms with Crippen molar-refractivity contribution in [1.82, 2.24) is 15.5 Å². The Bertz CT molecular complexity index is 505. The predicted octanol–water partition coefficient (Wildman–Crippen LogP) is 3.22. The summed E-state index contributed by atoms with van der Waals surface area (Å²) >= 11 is 5.09. The summed E-state index contributed by atoms with van der Waals surface area (Å²) in [4.78, 5) is 0. The largest absolute Gasteiger partial charge is 0.308 e. The van der Waals surface area contributed by atoms with Gasteiger partial charge in [-0.1, -0.05) is 39.4 Å². The van der Waals surface area contributed by atoms with Crippen LogP contribution in [0.3, 0.4) is 0 Å². The van der Waals surface area contributed by atoms with E-state index in [1.54, 1.807) is 11.3 Å². The van der Waals surface area contributed by atoms with E-state index in [9.17, 15) is 0 Å². The van der Waals surface area contributed by atoms with Gasteiger partial charge < -0.3 is 5.32 Å². The first-order valence-corrected chi connectivity index (χ1v) is 7.24. The number of benzene rings is 1. The van der Waals surface area contributed by atoms with Gasteiger partial charge in [0.05, 0.1) is 0 Å². The zero-order valence-electron chi connectivity index (χ0n) is 9.19. The molecule has 0 bridgehead atoms. The molecule has 1 N–H and O–H groups in total. The highest BCUT2D eigenvalue weighted by molar-refractivity contribution is 9.10. The van der Waals surface area contributed by atoms with Gasteiger partial charge in [-0.2, -0.15) is 0 Å². The molecule has 1 aromatic carbocycles. The van der Waals surface area contributed by atoms with Crippen molar-refractivity contribution in [2.45, 2.75) is 25.4 Å². The molecule has 0 radical (unpaired) electrons. The maximum Gasteiger partial charge on any atom is 0.147 e. The smallest absolute Gasteiger partial charge is 0.147 e. The molecule has 0 amide bonds. The third kappa shape index (κ3) is 2.91. The van der Waals surface area contributed by atoms with Crippen molar-refractivity contribution in [3.05, 3.63) is 33.7 Å². The summed E-state index contributed by atoms with van der Waals surface area (Å²) in [5.41, 5.74) is 1.13. The van der Waals surface area contributed by atoms with E-state index in [4.69, 9.17) is 0 Å². The molecule has 0 atom stereocenters. The van der Waals surface area contributed by atoms with Crippen molar-refractivity contribution >= 4 is 27.3 Å². The van der Waals surface area contributed by atoms with Crippen LogP contribution in [0.1, 0.15) is 17.8 Å². The second-order valence-corrected chi connectivity index (χ2v) is 6.14. The summed E-state index contributed by atoms with van der Waals surface area (Å²) in [6, 6.07) is 8.89.